The standard InChI is InChI=1S/C14H20FNO2S/c1-10-3-2-4-12(7-10)19(17,18)9-11-5-6-14(16)13(15)8-11/h5-6,8,10,12H,2-4,7,9,16H2,1H3. The van der Waals surface area contributed by atoms with E-state index < -0.39 is 15.7 Å². The van der Waals surface area contributed by atoms with Gasteiger partial charge in [-0.15, -0.1) is 0 Å². The highest BCUT2D eigenvalue weighted by Gasteiger charge is 2.30. The van der Waals surface area contributed by atoms with Crippen LogP contribution in [0.1, 0.15) is 38.2 Å². The summed E-state index contributed by atoms with van der Waals surface area (Å²) in [6.45, 7) is 2.09. The normalized spacial score (nSPS) is 24.3. The number of anilines is 1. The predicted octanol–water partition coefficient (Wildman–Crippen LogP) is 2.90. The number of rotatable bonds is 3. The third kappa shape index (κ3) is 3.47. The Kier molecular flexibility index (Phi) is 4.13. The predicted molar refractivity (Wildman–Crippen MR) is 74.9 cm³/mol. The summed E-state index contributed by atoms with van der Waals surface area (Å²) in [5, 5.41) is -0.281. The number of benzene rings is 1. The van der Waals surface area contributed by atoms with Gasteiger partial charge in [0.2, 0.25) is 0 Å². The van der Waals surface area contributed by atoms with Gasteiger partial charge in [-0.3, -0.25) is 0 Å². The van der Waals surface area contributed by atoms with Crippen molar-refractivity contribution in [2.45, 2.75) is 43.6 Å². The lowest BCUT2D eigenvalue weighted by molar-refractivity contribution is 0.382. The molecule has 1 aromatic rings. The van der Waals surface area contributed by atoms with Crippen LogP contribution in [0.5, 0.6) is 0 Å². The zero-order valence-corrected chi connectivity index (χ0v) is 11.9. The van der Waals surface area contributed by atoms with Crippen LogP contribution in [0.15, 0.2) is 18.2 Å². The Morgan fingerprint density at radius 1 is 1.37 bits per heavy atom. The fourth-order valence-electron chi connectivity index (χ4n) is 2.72. The van der Waals surface area contributed by atoms with E-state index in [1.54, 1.807) is 6.07 Å². The Balaban J connectivity index is 2.14. The molecular formula is C14H20FNO2S. The first-order chi connectivity index (χ1) is 8.88. The quantitative estimate of drug-likeness (QED) is 0.869. The van der Waals surface area contributed by atoms with E-state index in [-0.39, 0.29) is 16.7 Å². The van der Waals surface area contributed by atoms with Gasteiger partial charge in [0.05, 0.1) is 16.7 Å². The van der Waals surface area contributed by atoms with Crippen LogP contribution < -0.4 is 5.73 Å². The van der Waals surface area contributed by atoms with E-state index in [1.165, 1.54) is 12.1 Å². The SMILES string of the molecule is CC1CCCC(S(=O)(=O)Cc2ccc(N)c(F)c2)C1. The molecule has 0 spiro atoms. The van der Waals surface area contributed by atoms with Crippen LogP contribution in [0, 0.1) is 11.7 Å². The van der Waals surface area contributed by atoms with Crippen molar-refractivity contribution in [3.63, 3.8) is 0 Å². The van der Waals surface area contributed by atoms with Gasteiger partial charge >= 0.3 is 0 Å². The second-order valence-corrected chi connectivity index (χ2v) is 7.84. The van der Waals surface area contributed by atoms with Gasteiger partial charge in [0, 0.05) is 0 Å². The summed E-state index contributed by atoms with van der Waals surface area (Å²) in [6, 6.07) is 4.23. The van der Waals surface area contributed by atoms with Crippen LogP contribution in [-0.4, -0.2) is 13.7 Å². The van der Waals surface area contributed by atoms with Crippen molar-refractivity contribution in [3.05, 3.63) is 29.6 Å². The first-order valence-corrected chi connectivity index (χ1v) is 8.35. The molecule has 1 aliphatic rings. The highest BCUT2D eigenvalue weighted by molar-refractivity contribution is 7.91. The maximum Gasteiger partial charge on any atom is 0.157 e. The molecule has 0 aliphatic heterocycles. The van der Waals surface area contributed by atoms with Crippen LogP contribution in [-0.2, 0) is 15.6 Å². The minimum absolute atomic E-state index is 0.0486. The van der Waals surface area contributed by atoms with Gasteiger partial charge in [0.1, 0.15) is 5.82 Å². The lowest BCUT2D eigenvalue weighted by Gasteiger charge is -2.26. The number of hydrogen-bond acceptors (Lipinski definition) is 3. The molecule has 1 fully saturated rings. The molecule has 106 valence electrons. The molecule has 2 unspecified atom stereocenters. The second kappa shape index (κ2) is 5.49. The van der Waals surface area contributed by atoms with Gasteiger partial charge in [-0.25, -0.2) is 12.8 Å². The maximum atomic E-state index is 13.3. The molecule has 3 nitrogen and oxygen atoms in total. The molecule has 1 aliphatic carbocycles. The minimum Gasteiger partial charge on any atom is -0.396 e. The van der Waals surface area contributed by atoms with Crippen molar-refractivity contribution in [1.29, 1.82) is 0 Å². The molecule has 0 amide bonds. The van der Waals surface area contributed by atoms with Gasteiger partial charge in [-0.2, -0.15) is 0 Å². The molecule has 2 rings (SSSR count). The zero-order chi connectivity index (χ0) is 14.0. The number of nitrogens with two attached hydrogens (primary N) is 1. The van der Waals surface area contributed by atoms with Crippen LogP contribution in [0.25, 0.3) is 0 Å². The van der Waals surface area contributed by atoms with Crippen molar-refractivity contribution in [2.24, 2.45) is 5.92 Å². The van der Waals surface area contributed by atoms with Crippen LogP contribution in [0.2, 0.25) is 0 Å². The van der Waals surface area contributed by atoms with Crippen molar-refractivity contribution in [2.75, 3.05) is 5.73 Å². The molecule has 2 atom stereocenters. The van der Waals surface area contributed by atoms with E-state index in [1.807, 2.05) is 0 Å². The summed E-state index contributed by atoms with van der Waals surface area (Å²) in [5.74, 6) is -0.192. The van der Waals surface area contributed by atoms with Gasteiger partial charge in [0.25, 0.3) is 0 Å². The summed E-state index contributed by atoms with van der Waals surface area (Å²) < 4.78 is 38.0. The average Bonchev–Trinajstić information content (AvgIpc) is 2.33. The fraction of sp³-hybridized carbons (Fsp3) is 0.571. The number of hydrogen-bond donors (Lipinski definition) is 1. The van der Waals surface area contributed by atoms with Crippen LogP contribution >= 0.6 is 0 Å². The lowest BCUT2D eigenvalue weighted by atomic mass is 9.91. The molecule has 0 radical (unpaired) electrons. The Hall–Kier alpha value is -1.10. The van der Waals surface area contributed by atoms with E-state index in [0.717, 1.165) is 25.7 Å². The highest BCUT2D eigenvalue weighted by Crippen LogP contribution is 2.30. The number of halogens is 1. The molecule has 0 bridgehead atoms. The number of sulfone groups is 1. The summed E-state index contributed by atoms with van der Waals surface area (Å²) in [5.41, 5.74) is 5.91. The summed E-state index contributed by atoms with van der Waals surface area (Å²) >= 11 is 0. The maximum absolute atomic E-state index is 13.3. The number of nitrogen functional groups attached to an aromatic ring is 1. The van der Waals surface area contributed by atoms with Crippen molar-refractivity contribution >= 4 is 15.5 Å². The summed E-state index contributed by atoms with van der Waals surface area (Å²) in [7, 11) is -3.21. The third-order valence-corrected chi connectivity index (χ3v) is 6.01. The van der Waals surface area contributed by atoms with Crippen LogP contribution in [0.4, 0.5) is 10.1 Å². The van der Waals surface area contributed by atoms with E-state index in [2.05, 4.69) is 6.92 Å². The monoisotopic (exact) mass is 285 g/mol. The minimum atomic E-state index is -3.21. The van der Waals surface area contributed by atoms with Crippen LogP contribution in [0.3, 0.4) is 0 Å². The Morgan fingerprint density at radius 2 is 2.11 bits per heavy atom. The molecule has 5 heteroatoms. The van der Waals surface area contributed by atoms with Gasteiger partial charge in [-0.05, 0) is 36.5 Å². The van der Waals surface area contributed by atoms with Gasteiger partial charge < -0.3 is 5.73 Å². The van der Waals surface area contributed by atoms with Crippen molar-refractivity contribution in [1.82, 2.24) is 0 Å². The molecule has 19 heavy (non-hydrogen) atoms. The Labute approximate surface area is 113 Å². The van der Waals surface area contributed by atoms with Crippen molar-refractivity contribution < 1.29 is 12.8 Å². The Bertz CT molecular complexity index is 557. The molecule has 1 saturated carbocycles. The largest absolute Gasteiger partial charge is 0.396 e. The molecular weight excluding hydrogens is 265 g/mol. The van der Waals surface area contributed by atoms with E-state index in [4.69, 9.17) is 5.73 Å². The fourth-order valence-corrected chi connectivity index (χ4v) is 4.74. The molecule has 1 aromatic carbocycles. The first-order valence-electron chi connectivity index (χ1n) is 6.64. The highest BCUT2D eigenvalue weighted by atomic mass is 32.2. The molecule has 0 heterocycles. The summed E-state index contributed by atoms with van der Waals surface area (Å²) in [4.78, 5) is 0. The third-order valence-electron chi connectivity index (χ3n) is 3.83. The van der Waals surface area contributed by atoms with Gasteiger partial charge in [-0.1, -0.05) is 25.8 Å². The molecule has 0 aromatic heterocycles. The molecule has 2 N–H and O–H groups in total. The average molecular weight is 285 g/mol. The lowest BCUT2D eigenvalue weighted by Crippen LogP contribution is -2.28. The van der Waals surface area contributed by atoms with Crippen molar-refractivity contribution in [3.8, 4) is 0 Å². The van der Waals surface area contributed by atoms with Gasteiger partial charge in [0.15, 0.2) is 9.84 Å². The smallest absolute Gasteiger partial charge is 0.157 e. The van der Waals surface area contributed by atoms with E-state index in [9.17, 15) is 12.8 Å². The Morgan fingerprint density at radius 3 is 2.74 bits per heavy atom. The summed E-state index contributed by atoms with van der Waals surface area (Å²) in [6.07, 6.45) is 3.51. The zero-order valence-electron chi connectivity index (χ0n) is 11.1. The van der Waals surface area contributed by atoms with E-state index in [0.29, 0.717) is 11.5 Å². The first kappa shape index (κ1) is 14.3. The van der Waals surface area contributed by atoms with E-state index >= 15 is 0 Å². The second-order valence-electron chi connectivity index (χ2n) is 5.56. The topological polar surface area (TPSA) is 60.2 Å². The molecule has 0 saturated heterocycles.